The fourth-order valence-electron chi connectivity index (χ4n) is 4.48. The van der Waals surface area contributed by atoms with Crippen LogP contribution in [0.15, 0.2) is 60.8 Å². The van der Waals surface area contributed by atoms with E-state index in [1.165, 1.54) is 5.56 Å². The first-order chi connectivity index (χ1) is 15.6. The van der Waals surface area contributed by atoms with Crippen molar-refractivity contribution in [3.63, 3.8) is 0 Å². The molecule has 0 saturated heterocycles. The first-order valence-electron chi connectivity index (χ1n) is 10.9. The zero-order valence-electron chi connectivity index (χ0n) is 18.1. The molecule has 0 saturated carbocycles. The second kappa shape index (κ2) is 8.46. The smallest absolute Gasteiger partial charge is 0.243 e. The molecule has 0 radical (unpaired) electrons. The van der Waals surface area contributed by atoms with E-state index in [4.69, 9.17) is 4.74 Å². The summed E-state index contributed by atoms with van der Waals surface area (Å²) in [5, 5.41) is 0. The van der Waals surface area contributed by atoms with E-state index in [-0.39, 0.29) is 18.4 Å². The van der Waals surface area contributed by atoms with Gasteiger partial charge in [0.05, 0.1) is 7.11 Å². The molecule has 1 aromatic heterocycles. The van der Waals surface area contributed by atoms with E-state index in [1.807, 2.05) is 47.4 Å². The molecule has 3 aromatic rings. The summed E-state index contributed by atoms with van der Waals surface area (Å²) in [6, 6.07) is 18.2. The van der Waals surface area contributed by atoms with Crippen LogP contribution < -0.4 is 9.64 Å². The van der Waals surface area contributed by atoms with Crippen LogP contribution in [0.25, 0.3) is 11.1 Å². The molecule has 2 aromatic carbocycles. The van der Waals surface area contributed by atoms with Gasteiger partial charge in [0.15, 0.2) is 0 Å². The minimum Gasteiger partial charge on any atom is -0.497 e. The van der Waals surface area contributed by atoms with Crippen LogP contribution in [0.5, 0.6) is 5.75 Å². The Morgan fingerprint density at radius 1 is 0.969 bits per heavy atom. The number of benzene rings is 2. The molecule has 0 N–H and O–H groups in total. The van der Waals surface area contributed by atoms with Gasteiger partial charge >= 0.3 is 0 Å². The van der Waals surface area contributed by atoms with E-state index in [9.17, 15) is 9.59 Å². The van der Waals surface area contributed by atoms with Gasteiger partial charge in [-0.2, -0.15) is 0 Å². The second-order valence-corrected chi connectivity index (χ2v) is 8.25. The van der Waals surface area contributed by atoms with Crippen molar-refractivity contribution in [2.45, 2.75) is 25.8 Å². The largest absolute Gasteiger partial charge is 0.497 e. The zero-order valence-corrected chi connectivity index (χ0v) is 18.1. The molecule has 2 aliphatic rings. The zero-order chi connectivity index (χ0) is 22.1. The lowest BCUT2D eigenvalue weighted by Gasteiger charge is -2.33. The standard InChI is InChI=1S/C26H25N3O3/c1-32-23-9-7-19-11-12-28(16-22(19)14-23)25(31)17-29-24(30)10-8-20-13-21(15-27-26(20)29)18-5-3-2-4-6-18/h2-7,9,13-15H,8,10-12,16-17H2,1H3. The number of fused-ring (bicyclic) bond motifs is 2. The molecule has 6 nitrogen and oxygen atoms in total. The third-order valence-corrected chi connectivity index (χ3v) is 6.29. The predicted octanol–water partition coefficient (Wildman–Crippen LogP) is 3.62. The fraction of sp³-hybridized carbons (Fsp3) is 0.269. The number of carbonyl (C=O) groups is 2. The van der Waals surface area contributed by atoms with Gasteiger partial charge in [0, 0.05) is 31.3 Å². The summed E-state index contributed by atoms with van der Waals surface area (Å²) in [6.07, 6.45) is 3.62. The van der Waals surface area contributed by atoms with Crippen molar-refractivity contribution in [2.24, 2.45) is 0 Å². The molecule has 162 valence electrons. The molecule has 0 spiro atoms. The number of amides is 2. The number of rotatable bonds is 4. The van der Waals surface area contributed by atoms with Gasteiger partial charge in [-0.15, -0.1) is 0 Å². The maximum absolute atomic E-state index is 13.1. The van der Waals surface area contributed by atoms with E-state index in [2.05, 4.69) is 17.1 Å². The van der Waals surface area contributed by atoms with Crippen LogP contribution in [0.4, 0.5) is 5.82 Å². The van der Waals surface area contributed by atoms with Crippen molar-refractivity contribution in [3.05, 3.63) is 77.5 Å². The van der Waals surface area contributed by atoms with Gasteiger partial charge < -0.3 is 9.64 Å². The molecule has 0 fully saturated rings. The highest BCUT2D eigenvalue weighted by Crippen LogP contribution is 2.30. The van der Waals surface area contributed by atoms with Gasteiger partial charge in [0.25, 0.3) is 0 Å². The van der Waals surface area contributed by atoms with Crippen LogP contribution in [0.1, 0.15) is 23.1 Å². The number of methoxy groups -OCH3 is 1. The first-order valence-corrected chi connectivity index (χ1v) is 10.9. The number of hydrogen-bond donors (Lipinski definition) is 0. The highest BCUT2D eigenvalue weighted by Gasteiger charge is 2.30. The molecule has 5 rings (SSSR count). The molecule has 2 amide bonds. The summed E-state index contributed by atoms with van der Waals surface area (Å²) in [5.41, 5.74) is 5.45. The van der Waals surface area contributed by atoms with Crippen molar-refractivity contribution >= 4 is 17.6 Å². The van der Waals surface area contributed by atoms with Gasteiger partial charge in [-0.1, -0.05) is 36.4 Å². The Morgan fingerprint density at radius 2 is 1.81 bits per heavy atom. The van der Waals surface area contributed by atoms with E-state index in [0.29, 0.717) is 31.7 Å². The minimum atomic E-state index is -0.0615. The van der Waals surface area contributed by atoms with E-state index in [0.717, 1.165) is 34.4 Å². The molecule has 6 heteroatoms. The lowest BCUT2D eigenvalue weighted by molar-refractivity contribution is -0.132. The lowest BCUT2D eigenvalue weighted by Crippen LogP contribution is -2.46. The van der Waals surface area contributed by atoms with E-state index >= 15 is 0 Å². The summed E-state index contributed by atoms with van der Waals surface area (Å²) >= 11 is 0. The minimum absolute atomic E-state index is 0.0167. The molecule has 0 atom stereocenters. The van der Waals surface area contributed by atoms with Crippen molar-refractivity contribution in [1.29, 1.82) is 0 Å². The quantitative estimate of drug-likeness (QED) is 0.638. The third-order valence-electron chi connectivity index (χ3n) is 6.29. The number of aryl methyl sites for hydroxylation is 1. The Kier molecular flexibility index (Phi) is 5.35. The highest BCUT2D eigenvalue weighted by molar-refractivity contribution is 6.00. The van der Waals surface area contributed by atoms with Crippen LogP contribution in [-0.4, -0.2) is 41.9 Å². The van der Waals surface area contributed by atoms with Gasteiger partial charge in [-0.3, -0.25) is 14.5 Å². The Bertz CT molecular complexity index is 1180. The molecule has 0 bridgehead atoms. The number of carbonyl (C=O) groups excluding carboxylic acids is 2. The Balaban J connectivity index is 1.35. The highest BCUT2D eigenvalue weighted by atomic mass is 16.5. The van der Waals surface area contributed by atoms with Gasteiger partial charge in [-0.25, -0.2) is 4.98 Å². The molecular formula is C26H25N3O3. The van der Waals surface area contributed by atoms with E-state index in [1.54, 1.807) is 18.2 Å². The molecule has 0 aliphatic carbocycles. The van der Waals surface area contributed by atoms with Gasteiger partial charge in [0.1, 0.15) is 18.1 Å². The maximum atomic E-state index is 13.1. The van der Waals surface area contributed by atoms with Crippen LogP contribution in [-0.2, 0) is 29.0 Å². The predicted molar refractivity (Wildman–Crippen MR) is 122 cm³/mol. The summed E-state index contributed by atoms with van der Waals surface area (Å²) in [6.45, 7) is 1.19. The number of pyridine rings is 1. The summed E-state index contributed by atoms with van der Waals surface area (Å²) in [7, 11) is 1.64. The van der Waals surface area contributed by atoms with Crippen LogP contribution in [0.2, 0.25) is 0 Å². The van der Waals surface area contributed by atoms with Crippen molar-refractivity contribution in [3.8, 4) is 16.9 Å². The van der Waals surface area contributed by atoms with Crippen molar-refractivity contribution in [2.75, 3.05) is 25.1 Å². The van der Waals surface area contributed by atoms with Gasteiger partial charge in [-0.05, 0) is 53.3 Å². The fourth-order valence-corrected chi connectivity index (χ4v) is 4.48. The summed E-state index contributed by atoms with van der Waals surface area (Å²) in [4.78, 5) is 33.8. The monoisotopic (exact) mass is 427 g/mol. The SMILES string of the molecule is COc1ccc2c(c1)CN(C(=O)CN1C(=O)CCc3cc(-c4ccccc4)cnc31)CC2. The molecule has 3 heterocycles. The number of aromatic nitrogens is 1. The second-order valence-electron chi connectivity index (χ2n) is 8.25. The normalized spacial score (nSPS) is 15.2. The first kappa shape index (κ1) is 20.2. The number of ether oxygens (including phenoxy) is 1. The van der Waals surface area contributed by atoms with Crippen LogP contribution in [0, 0.1) is 0 Å². The molecule has 0 unspecified atom stereocenters. The average molecular weight is 428 g/mol. The number of anilines is 1. The van der Waals surface area contributed by atoms with Crippen molar-refractivity contribution in [1.82, 2.24) is 9.88 Å². The molecule has 2 aliphatic heterocycles. The Labute approximate surface area is 187 Å². The molecular weight excluding hydrogens is 402 g/mol. The van der Waals surface area contributed by atoms with E-state index < -0.39 is 0 Å². The van der Waals surface area contributed by atoms with Crippen molar-refractivity contribution < 1.29 is 14.3 Å². The Morgan fingerprint density at radius 3 is 2.62 bits per heavy atom. The number of nitrogens with zero attached hydrogens (tertiary/aromatic N) is 3. The van der Waals surface area contributed by atoms with Crippen LogP contribution in [0.3, 0.4) is 0 Å². The average Bonchev–Trinajstić information content (AvgIpc) is 2.85. The Hall–Kier alpha value is -3.67. The van der Waals surface area contributed by atoms with Gasteiger partial charge in [0.2, 0.25) is 11.8 Å². The van der Waals surface area contributed by atoms with Crippen LogP contribution >= 0.6 is 0 Å². The maximum Gasteiger partial charge on any atom is 0.243 e. The molecule has 32 heavy (non-hydrogen) atoms. The summed E-state index contributed by atoms with van der Waals surface area (Å²) in [5.74, 6) is 1.28. The third kappa shape index (κ3) is 3.84. The lowest BCUT2D eigenvalue weighted by atomic mass is 9.99. The number of hydrogen-bond acceptors (Lipinski definition) is 4. The topological polar surface area (TPSA) is 62.7 Å². The summed E-state index contributed by atoms with van der Waals surface area (Å²) < 4.78 is 5.33.